The fraction of sp³-hybridized carbons (Fsp3) is 0.0870. The van der Waals surface area contributed by atoms with Crippen LogP contribution in [0.2, 0.25) is 0 Å². The summed E-state index contributed by atoms with van der Waals surface area (Å²) in [6.45, 7) is 0. The first-order chi connectivity index (χ1) is 14.5. The molecule has 0 aliphatic carbocycles. The Labute approximate surface area is 181 Å². The quantitative estimate of drug-likeness (QED) is 0.349. The zero-order chi connectivity index (χ0) is 21.3. The lowest BCUT2D eigenvalue weighted by Crippen LogP contribution is -2.30. The number of aliphatic hydroxyl groups is 1. The van der Waals surface area contributed by atoms with Gasteiger partial charge in [-0.2, -0.15) is 0 Å². The molecule has 0 bridgehead atoms. The van der Waals surface area contributed by atoms with E-state index in [2.05, 4.69) is 20.9 Å². The summed E-state index contributed by atoms with van der Waals surface area (Å²) in [6.07, 6.45) is 1.58. The first-order valence-corrected chi connectivity index (χ1v) is 9.93. The Hall–Kier alpha value is -3.45. The number of hydrogen-bond acceptors (Lipinski definition) is 5. The largest absolute Gasteiger partial charge is 0.507 e. The highest BCUT2D eigenvalue weighted by Gasteiger charge is 2.48. The van der Waals surface area contributed by atoms with Gasteiger partial charge in [0, 0.05) is 16.2 Å². The molecule has 2 aromatic carbocycles. The maximum absolute atomic E-state index is 13.1. The summed E-state index contributed by atoms with van der Waals surface area (Å²) in [6, 6.07) is 18.1. The van der Waals surface area contributed by atoms with Crippen LogP contribution in [0.25, 0.3) is 5.76 Å². The maximum Gasteiger partial charge on any atom is 0.300 e. The molecule has 150 valence electrons. The first kappa shape index (κ1) is 19.8. The standard InChI is InChI=1S/C23H17BrN2O4/c1-30-18-8-3-2-7-17(18)26-20(16-6-4-5-13-25-16)19(22(28)23(26)29)21(27)14-9-11-15(24)12-10-14/h2-13,20,27H,1H3/b21-19-. The minimum absolute atomic E-state index is 0.0214. The van der Waals surface area contributed by atoms with Crippen molar-refractivity contribution < 1.29 is 19.4 Å². The molecule has 0 spiro atoms. The SMILES string of the molecule is COc1ccccc1N1C(=O)C(=O)/C(=C(\O)c2ccc(Br)cc2)C1c1ccccn1. The van der Waals surface area contributed by atoms with Gasteiger partial charge in [0.15, 0.2) is 0 Å². The van der Waals surface area contributed by atoms with E-state index in [0.717, 1.165) is 4.47 Å². The summed E-state index contributed by atoms with van der Waals surface area (Å²) in [5, 5.41) is 11.0. The second kappa shape index (κ2) is 8.12. The molecule has 1 saturated heterocycles. The number of ether oxygens (including phenoxy) is 1. The van der Waals surface area contributed by atoms with E-state index in [9.17, 15) is 14.7 Å². The monoisotopic (exact) mass is 464 g/mol. The summed E-state index contributed by atoms with van der Waals surface area (Å²) < 4.78 is 6.24. The number of rotatable bonds is 4. The van der Waals surface area contributed by atoms with E-state index in [0.29, 0.717) is 22.7 Å². The highest BCUT2D eigenvalue weighted by atomic mass is 79.9. The molecule has 1 N–H and O–H groups in total. The van der Waals surface area contributed by atoms with Crippen molar-refractivity contribution in [1.82, 2.24) is 4.98 Å². The number of methoxy groups -OCH3 is 1. The van der Waals surface area contributed by atoms with E-state index in [1.54, 1.807) is 72.9 Å². The Kier molecular flexibility index (Phi) is 5.37. The van der Waals surface area contributed by atoms with Gasteiger partial charge in [0.05, 0.1) is 24.1 Å². The van der Waals surface area contributed by atoms with Crippen LogP contribution in [0, 0.1) is 0 Å². The number of para-hydroxylation sites is 2. The van der Waals surface area contributed by atoms with Gasteiger partial charge in [0.2, 0.25) is 0 Å². The number of amides is 1. The second-order valence-electron chi connectivity index (χ2n) is 6.60. The average molecular weight is 465 g/mol. The van der Waals surface area contributed by atoms with Gasteiger partial charge in [-0.1, -0.05) is 46.3 Å². The number of carbonyl (C=O) groups excluding carboxylic acids is 2. The number of ketones is 1. The highest BCUT2D eigenvalue weighted by molar-refractivity contribution is 9.10. The molecule has 7 heteroatoms. The van der Waals surface area contributed by atoms with E-state index in [1.165, 1.54) is 12.0 Å². The molecule has 1 unspecified atom stereocenters. The number of halogens is 1. The van der Waals surface area contributed by atoms with Crippen molar-refractivity contribution in [2.45, 2.75) is 6.04 Å². The van der Waals surface area contributed by atoms with Crippen LogP contribution in [0.4, 0.5) is 5.69 Å². The molecule has 1 aromatic heterocycles. The molecule has 1 amide bonds. The Morgan fingerprint density at radius 1 is 1.03 bits per heavy atom. The van der Waals surface area contributed by atoms with Crippen molar-refractivity contribution in [3.8, 4) is 5.75 Å². The van der Waals surface area contributed by atoms with Gasteiger partial charge in [-0.05, 0) is 36.4 Å². The molecule has 1 fully saturated rings. The lowest BCUT2D eigenvalue weighted by Gasteiger charge is -2.25. The molecular formula is C23H17BrN2O4. The number of nitrogens with zero attached hydrogens (tertiary/aromatic N) is 2. The van der Waals surface area contributed by atoms with Crippen LogP contribution in [0.1, 0.15) is 17.3 Å². The topological polar surface area (TPSA) is 79.7 Å². The van der Waals surface area contributed by atoms with Crippen LogP contribution < -0.4 is 9.64 Å². The Bertz CT molecular complexity index is 1140. The van der Waals surface area contributed by atoms with E-state index < -0.39 is 17.7 Å². The van der Waals surface area contributed by atoms with Gasteiger partial charge in [0.25, 0.3) is 11.7 Å². The second-order valence-corrected chi connectivity index (χ2v) is 7.52. The van der Waals surface area contributed by atoms with Crippen molar-refractivity contribution in [1.29, 1.82) is 0 Å². The molecule has 1 aliphatic rings. The number of aliphatic hydroxyl groups excluding tert-OH is 1. The lowest BCUT2D eigenvalue weighted by atomic mass is 9.98. The third-order valence-corrected chi connectivity index (χ3v) is 5.40. The minimum Gasteiger partial charge on any atom is -0.507 e. The van der Waals surface area contributed by atoms with Crippen molar-refractivity contribution in [3.05, 3.63) is 94.2 Å². The van der Waals surface area contributed by atoms with Crippen LogP contribution in [0.3, 0.4) is 0 Å². The smallest absolute Gasteiger partial charge is 0.300 e. The molecule has 1 aliphatic heterocycles. The van der Waals surface area contributed by atoms with Gasteiger partial charge in [0.1, 0.15) is 17.6 Å². The normalized spacial score (nSPS) is 17.9. The van der Waals surface area contributed by atoms with E-state index in [-0.39, 0.29) is 11.3 Å². The highest BCUT2D eigenvalue weighted by Crippen LogP contribution is 2.44. The molecule has 0 radical (unpaired) electrons. The maximum atomic E-state index is 13.1. The zero-order valence-corrected chi connectivity index (χ0v) is 17.5. The molecule has 3 aromatic rings. The predicted molar refractivity (Wildman–Crippen MR) is 116 cm³/mol. The summed E-state index contributed by atoms with van der Waals surface area (Å²) in [7, 11) is 1.49. The minimum atomic E-state index is -0.897. The predicted octanol–water partition coefficient (Wildman–Crippen LogP) is 4.48. The number of aromatic nitrogens is 1. The summed E-state index contributed by atoms with van der Waals surface area (Å²) in [5.74, 6) is -1.36. The summed E-state index contributed by atoms with van der Waals surface area (Å²) in [5.41, 5.74) is 1.29. The van der Waals surface area contributed by atoms with E-state index >= 15 is 0 Å². The Morgan fingerprint density at radius 2 is 1.73 bits per heavy atom. The summed E-state index contributed by atoms with van der Waals surface area (Å²) >= 11 is 3.35. The van der Waals surface area contributed by atoms with Crippen molar-refractivity contribution in [2.75, 3.05) is 12.0 Å². The van der Waals surface area contributed by atoms with Gasteiger partial charge < -0.3 is 9.84 Å². The number of benzene rings is 2. The number of anilines is 1. The fourth-order valence-electron chi connectivity index (χ4n) is 3.49. The first-order valence-electron chi connectivity index (χ1n) is 9.14. The van der Waals surface area contributed by atoms with Crippen LogP contribution in [0.15, 0.2) is 83.0 Å². The fourth-order valence-corrected chi connectivity index (χ4v) is 3.75. The molecule has 6 nitrogen and oxygen atoms in total. The van der Waals surface area contributed by atoms with Gasteiger partial charge >= 0.3 is 0 Å². The molecular weight excluding hydrogens is 448 g/mol. The van der Waals surface area contributed by atoms with Crippen LogP contribution in [0.5, 0.6) is 5.75 Å². The van der Waals surface area contributed by atoms with Crippen LogP contribution >= 0.6 is 15.9 Å². The van der Waals surface area contributed by atoms with Crippen molar-refractivity contribution >= 4 is 39.1 Å². The van der Waals surface area contributed by atoms with E-state index in [4.69, 9.17) is 4.74 Å². The van der Waals surface area contributed by atoms with Crippen LogP contribution in [-0.4, -0.2) is 28.9 Å². The zero-order valence-electron chi connectivity index (χ0n) is 15.9. The summed E-state index contributed by atoms with van der Waals surface area (Å²) in [4.78, 5) is 31.9. The Morgan fingerprint density at radius 3 is 2.40 bits per heavy atom. The van der Waals surface area contributed by atoms with Crippen molar-refractivity contribution in [2.24, 2.45) is 0 Å². The van der Waals surface area contributed by atoms with E-state index in [1.807, 2.05) is 0 Å². The molecule has 30 heavy (non-hydrogen) atoms. The molecule has 2 heterocycles. The number of pyridine rings is 1. The molecule has 1 atom stereocenters. The third-order valence-electron chi connectivity index (χ3n) is 4.87. The van der Waals surface area contributed by atoms with Crippen LogP contribution in [-0.2, 0) is 9.59 Å². The van der Waals surface area contributed by atoms with Gasteiger partial charge in [-0.15, -0.1) is 0 Å². The van der Waals surface area contributed by atoms with Crippen molar-refractivity contribution in [3.63, 3.8) is 0 Å². The average Bonchev–Trinajstić information content (AvgIpc) is 3.05. The third kappa shape index (κ3) is 3.37. The van der Waals surface area contributed by atoms with Gasteiger partial charge in [-0.25, -0.2) is 0 Å². The Balaban J connectivity index is 1.96. The van der Waals surface area contributed by atoms with Gasteiger partial charge in [-0.3, -0.25) is 19.5 Å². The number of Topliss-reactive ketones (excluding diaryl/α,β-unsaturated/α-hetero) is 1. The lowest BCUT2D eigenvalue weighted by molar-refractivity contribution is -0.132. The number of hydrogen-bond donors (Lipinski definition) is 1. The molecule has 0 saturated carbocycles. The molecule has 4 rings (SSSR count). The number of carbonyl (C=O) groups is 2.